The SMILES string of the molecule is Cc1ccccc1[C@@H]1[C@H]2CN(S(=O)(=O)N(C)C)C[C@H]2CN1C(=O)C1CCC1. The number of amides is 1. The molecule has 0 radical (unpaired) electrons. The van der Waals surface area contributed by atoms with Gasteiger partial charge < -0.3 is 4.90 Å². The van der Waals surface area contributed by atoms with Crippen LogP contribution in [0.3, 0.4) is 0 Å². The zero-order valence-corrected chi connectivity index (χ0v) is 17.2. The van der Waals surface area contributed by atoms with Gasteiger partial charge in [-0.2, -0.15) is 17.0 Å². The van der Waals surface area contributed by atoms with E-state index in [1.807, 2.05) is 12.1 Å². The number of hydrogen-bond acceptors (Lipinski definition) is 3. The molecule has 3 fully saturated rings. The van der Waals surface area contributed by atoms with E-state index in [2.05, 4.69) is 24.0 Å². The van der Waals surface area contributed by atoms with Gasteiger partial charge in [0, 0.05) is 45.6 Å². The average molecular weight is 392 g/mol. The van der Waals surface area contributed by atoms with Gasteiger partial charge in [-0.3, -0.25) is 4.79 Å². The van der Waals surface area contributed by atoms with Crippen molar-refractivity contribution >= 4 is 16.1 Å². The summed E-state index contributed by atoms with van der Waals surface area (Å²) in [5, 5.41) is 0. The number of nitrogens with zero attached hydrogens (tertiary/aromatic N) is 3. The molecule has 148 valence electrons. The minimum atomic E-state index is -3.42. The molecule has 0 spiro atoms. The van der Waals surface area contributed by atoms with Crippen molar-refractivity contribution in [3.63, 3.8) is 0 Å². The predicted octanol–water partition coefficient (Wildman–Crippen LogP) is 2.03. The van der Waals surface area contributed by atoms with Gasteiger partial charge >= 0.3 is 0 Å². The second kappa shape index (κ2) is 6.87. The lowest BCUT2D eigenvalue weighted by Crippen LogP contribution is -2.43. The van der Waals surface area contributed by atoms with Crippen LogP contribution < -0.4 is 0 Å². The summed E-state index contributed by atoms with van der Waals surface area (Å²) in [5.74, 6) is 0.793. The smallest absolute Gasteiger partial charge is 0.281 e. The first kappa shape index (κ1) is 18.9. The molecular formula is C20H29N3O3S. The maximum atomic E-state index is 13.1. The lowest BCUT2D eigenvalue weighted by Gasteiger charge is -2.35. The van der Waals surface area contributed by atoms with Crippen LogP contribution in [0.25, 0.3) is 0 Å². The molecule has 2 aliphatic heterocycles. The molecule has 1 aromatic carbocycles. The number of fused-ring (bicyclic) bond motifs is 1. The molecule has 0 bridgehead atoms. The van der Waals surface area contributed by atoms with E-state index in [9.17, 15) is 13.2 Å². The van der Waals surface area contributed by atoms with E-state index >= 15 is 0 Å². The quantitative estimate of drug-likeness (QED) is 0.789. The Labute approximate surface area is 162 Å². The highest BCUT2D eigenvalue weighted by molar-refractivity contribution is 7.86. The van der Waals surface area contributed by atoms with Gasteiger partial charge in [-0.05, 0) is 36.8 Å². The van der Waals surface area contributed by atoms with Crippen LogP contribution in [0.4, 0.5) is 0 Å². The van der Waals surface area contributed by atoms with Crippen molar-refractivity contribution in [2.45, 2.75) is 32.2 Å². The molecule has 3 atom stereocenters. The summed E-state index contributed by atoms with van der Waals surface area (Å²) in [6, 6.07) is 8.20. The van der Waals surface area contributed by atoms with Crippen molar-refractivity contribution in [3.05, 3.63) is 35.4 Å². The van der Waals surface area contributed by atoms with Crippen LogP contribution in [-0.4, -0.2) is 61.6 Å². The van der Waals surface area contributed by atoms with Gasteiger partial charge in [0.15, 0.2) is 0 Å². The Morgan fingerprint density at radius 3 is 2.41 bits per heavy atom. The van der Waals surface area contributed by atoms with Gasteiger partial charge in [0.2, 0.25) is 5.91 Å². The molecule has 6 nitrogen and oxygen atoms in total. The van der Waals surface area contributed by atoms with E-state index in [0.29, 0.717) is 19.6 Å². The number of carbonyl (C=O) groups excluding carboxylic acids is 1. The van der Waals surface area contributed by atoms with Crippen LogP contribution in [0.2, 0.25) is 0 Å². The summed E-state index contributed by atoms with van der Waals surface area (Å²) in [7, 11) is -0.263. The Morgan fingerprint density at radius 2 is 1.81 bits per heavy atom. The van der Waals surface area contributed by atoms with E-state index in [1.165, 1.54) is 15.4 Å². The van der Waals surface area contributed by atoms with E-state index in [0.717, 1.165) is 19.3 Å². The highest BCUT2D eigenvalue weighted by Gasteiger charge is 2.52. The molecule has 1 amide bonds. The van der Waals surface area contributed by atoms with Gasteiger partial charge in [0.05, 0.1) is 6.04 Å². The molecule has 0 unspecified atom stereocenters. The maximum Gasteiger partial charge on any atom is 0.281 e. The Hall–Kier alpha value is -1.44. The van der Waals surface area contributed by atoms with E-state index in [-0.39, 0.29) is 29.7 Å². The first-order valence-electron chi connectivity index (χ1n) is 9.84. The minimum absolute atomic E-state index is 0.0216. The van der Waals surface area contributed by atoms with Gasteiger partial charge in [0.1, 0.15) is 0 Å². The Kier molecular flexibility index (Phi) is 4.81. The highest BCUT2D eigenvalue weighted by atomic mass is 32.2. The van der Waals surface area contributed by atoms with Crippen LogP contribution in [0.5, 0.6) is 0 Å². The molecular weight excluding hydrogens is 362 g/mol. The number of likely N-dealkylation sites (tertiary alicyclic amines) is 1. The molecule has 0 N–H and O–H groups in total. The Balaban J connectivity index is 1.66. The number of hydrogen-bond donors (Lipinski definition) is 0. The van der Waals surface area contributed by atoms with Crippen LogP contribution in [0, 0.1) is 24.7 Å². The number of benzene rings is 1. The van der Waals surface area contributed by atoms with Crippen molar-refractivity contribution in [1.82, 2.24) is 13.5 Å². The van der Waals surface area contributed by atoms with Gasteiger partial charge in [-0.15, -0.1) is 0 Å². The van der Waals surface area contributed by atoms with Crippen molar-refractivity contribution < 1.29 is 13.2 Å². The number of aryl methyl sites for hydroxylation is 1. The first-order valence-corrected chi connectivity index (χ1v) is 11.2. The lowest BCUT2D eigenvalue weighted by molar-refractivity contribution is -0.139. The average Bonchev–Trinajstić information content (AvgIpc) is 3.12. The molecule has 1 aromatic rings. The second-order valence-electron chi connectivity index (χ2n) is 8.45. The van der Waals surface area contributed by atoms with Crippen molar-refractivity contribution in [1.29, 1.82) is 0 Å². The molecule has 1 aliphatic carbocycles. The minimum Gasteiger partial charge on any atom is -0.335 e. The fraction of sp³-hybridized carbons (Fsp3) is 0.650. The summed E-state index contributed by atoms with van der Waals surface area (Å²) in [6.45, 7) is 3.73. The van der Waals surface area contributed by atoms with Crippen molar-refractivity contribution in [2.24, 2.45) is 17.8 Å². The molecule has 2 heterocycles. The third-order valence-corrected chi connectivity index (χ3v) is 8.54. The lowest BCUT2D eigenvalue weighted by atomic mass is 9.83. The summed E-state index contributed by atoms with van der Waals surface area (Å²) in [5.41, 5.74) is 2.34. The van der Waals surface area contributed by atoms with Crippen LogP contribution in [-0.2, 0) is 15.0 Å². The third kappa shape index (κ3) is 3.09. The predicted molar refractivity (Wildman–Crippen MR) is 104 cm³/mol. The third-order valence-electron chi connectivity index (χ3n) is 6.66. The zero-order valence-electron chi connectivity index (χ0n) is 16.3. The summed E-state index contributed by atoms with van der Waals surface area (Å²) in [4.78, 5) is 15.2. The van der Waals surface area contributed by atoms with Crippen LogP contribution in [0.15, 0.2) is 24.3 Å². The number of carbonyl (C=O) groups is 1. The summed E-state index contributed by atoms with van der Waals surface area (Å²) in [6.07, 6.45) is 3.12. The summed E-state index contributed by atoms with van der Waals surface area (Å²) < 4.78 is 28.1. The maximum absolute atomic E-state index is 13.1. The van der Waals surface area contributed by atoms with E-state index in [4.69, 9.17) is 0 Å². The fourth-order valence-corrected chi connectivity index (χ4v) is 6.06. The first-order chi connectivity index (χ1) is 12.8. The molecule has 2 saturated heterocycles. The standard InChI is InChI=1S/C20H29N3O3S/c1-14-7-4-5-10-17(14)19-18-13-22(27(25,26)21(2)3)11-16(18)12-23(19)20(24)15-8-6-9-15/h4-5,7,10,15-16,18-19H,6,8-9,11-13H2,1-3H3/t16-,18-,19+/m0/s1. The summed E-state index contributed by atoms with van der Waals surface area (Å²) >= 11 is 0. The Bertz CT molecular complexity index is 835. The molecule has 0 aromatic heterocycles. The van der Waals surface area contributed by atoms with Gasteiger partial charge in [-0.25, -0.2) is 0 Å². The van der Waals surface area contributed by atoms with Gasteiger partial charge in [-0.1, -0.05) is 30.7 Å². The molecule has 3 aliphatic rings. The number of rotatable bonds is 4. The van der Waals surface area contributed by atoms with Crippen molar-refractivity contribution in [2.75, 3.05) is 33.7 Å². The highest BCUT2D eigenvalue weighted by Crippen LogP contribution is 2.48. The van der Waals surface area contributed by atoms with E-state index < -0.39 is 10.2 Å². The topological polar surface area (TPSA) is 60.9 Å². The molecule has 27 heavy (non-hydrogen) atoms. The second-order valence-corrected chi connectivity index (χ2v) is 10.6. The van der Waals surface area contributed by atoms with Crippen molar-refractivity contribution in [3.8, 4) is 0 Å². The fourth-order valence-electron chi connectivity index (χ4n) is 4.86. The van der Waals surface area contributed by atoms with Crippen LogP contribution >= 0.6 is 0 Å². The monoisotopic (exact) mass is 391 g/mol. The largest absolute Gasteiger partial charge is 0.335 e. The van der Waals surface area contributed by atoms with Crippen LogP contribution in [0.1, 0.15) is 36.4 Å². The normalized spacial score (nSPS) is 29.2. The Morgan fingerprint density at radius 1 is 1.11 bits per heavy atom. The zero-order chi connectivity index (χ0) is 19.3. The molecule has 4 rings (SSSR count). The molecule has 7 heteroatoms. The molecule has 1 saturated carbocycles. The van der Waals surface area contributed by atoms with Gasteiger partial charge in [0.25, 0.3) is 10.2 Å². The van der Waals surface area contributed by atoms with E-state index in [1.54, 1.807) is 18.4 Å².